The predicted molar refractivity (Wildman–Crippen MR) is 92.7 cm³/mol. The second kappa shape index (κ2) is 8.37. The van der Waals surface area contributed by atoms with Crippen molar-refractivity contribution in [2.75, 3.05) is 33.9 Å². The molecule has 1 aliphatic heterocycles. The van der Waals surface area contributed by atoms with E-state index in [4.69, 9.17) is 18.9 Å². The van der Waals surface area contributed by atoms with E-state index in [1.54, 1.807) is 24.1 Å². The van der Waals surface area contributed by atoms with Gasteiger partial charge >= 0.3 is 0 Å². The number of likely N-dealkylation sites (tertiary alicyclic amines) is 1. The Hall–Kier alpha value is -3.03. The van der Waals surface area contributed by atoms with Crippen LogP contribution in [0.25, 0.3) is 0 Å². The van der Waals surface area contributed by atoms with E-state index in [2.05, 4.69) is 9.97 Å². The third-order valence-electron chi connectivity index (χ3n) is 3.99. The molecule has 1 aliphatic rings. The van der Waals surface area contributed by atoms with Gasteiger partial charge in [-0.05, 0) is 12.1 Å². The maximum absolute atomic E-state index is 12.3. The molecule has 0 aliphatic carbocycles. The van der Waals surface area contributed by atoms with Crippen LogP contribution in [0, 0.1) is 0 Å². The van der Waals surface area contributed by atoms with Crippen molar-refractivity contribution in [3.8, 4) is 23.3 Å². The first-order chi connectivity index (χ1) is 12.7. The molecule has 0 N–H and O–H groups in total. The molecule has 1 aromatic heterocycles. The molecule has 0 spiro atoms. The van der Waals surface area contributed by atoms with E-state index < -0.39 is 0 Å². The Morgan fingerprint density at radius 2 is 2.00 bits per heavy atom. The predicted octanol–water partition coefficient (Wildman–Crippen LogP) is 1.55. The number of methoxy groups -OCH3 is 2. The Balaban J connectivity index is 1.49. The molecule has 8 heteroatoms. The molecule has 1 atom stereocenters. The Morgan fingerprint density at radius 1 is 1.19 bits per heavy atom. The molecule has 1 saturated heterocycles. The summed E-state index contributed by atoms with van der Waals surface area (Å²) in [6, 6.07) is 7.16. The highest BCUT2D eigenvalue weighted by Gasteiger charge is 2.28. The first-order valence-electron chi connectivity index (χ1n) is 8.25. The Kier molecular flexibility index (Phi) is 5.73. The quantitative estimate of drug-likeness (QED) is 0.742. The van der Waals surface area contributed by atoms with Crippen molar-refractivity contribution >= 4 is 5.91 Å². The van der Waals surface area contributed by atoms with Crippen LogP contribution >= 0.6 is 0 Å². The monoisotopic (exact) mass is 359 g/mol. The average Bonchev–Trinajstić information content (AvgIpc) is 3.15. The van der Waals surface area contributed by atoms with E-state index in [1.807, 2.05) is 12.1 Å². The fourth-order valence-electron chi connectivity index (χ4n) is 2.64. The van der Waals surface area contributed by atoms with Gasteiger partial charge in [-0.3, -0.25) is 9.78 Å². The summed E-state index contributed by atoms with van der Waals surface area (Å²) in [7, 11) is 3.10. The molecular formula is C18H21N3O5. The Morgan fingerprint density at radius 3 is 2.81 bits per heavy atom. The number of amides is 1. The van der Waals surface area contributed by atoms with Crippen LogP contribution in [0.1, 0.15) is 6.42 Å². The maximum atomic E-state index is 12.3. The topological polar surface area (TPSA) is 83.0 Å². The van der Waals surface area contributed by atoms with Gasteiger partial charge in [0.2, 0.25) is 11.8 Å². The Labute approximate surface area is 151 Å². The standard InChI is InChI=1S/C18H21N3O5/c1-23-13-4-3-5-14(8-13)25-12-18(22)21-7-6-15(11-21)26-17-10-19-9-16(20-17)24-2/h3-5,8-10,15H,6-7,11-12H2,1-2H3. The highest BCUT2D eigenvalue weighted by molar-refractivity contribution is 5.78. The molecule has 3 rings (SSSR count). The zero-order valence-electron chi connectivity index (χ0n) is 14.8. The largest absolute Gasteiger partial charge is 0.497 e. The first kappa shape index (κ1) is 17.8. The lowest BCUT2D eigenvalue weighted by Crippen LogP contribution is -2.34. The number of carbonyl (C=O) groups is 1. The van der Waals surface area contributed by atoms with Crippen LogP contribution in [0.4, 0.5) is 0 Å². The van der Waals surface area contributed by atoms with Gasteiger partial charge in [0.1, 0.15) is 17.6 Å². The van der Waals surface area contributed by atoms with Crippen LogP contribution in [-0.4, -0.2) is 60.8 Å². The molecule has 138 valence electrons. The molecule has 0 bridgehead atoms. The number of carbonyl (C=O) groups excluding carboxylic acids is 1. The average molecular weight is 359 g/mol. The van der Waals surface area contributed by atoms with Crippen LogP contribution in [0.2, 0.25) is 0 Å². The molecule has 2 heterocycles. The molecule has 1 aromatic carbocycles. The third kappa shape index (κ3) is 4.53. The van der Waals surface area contributed by atoms with Crippen LogP contribution in [0.15, 0.2) is 36.7 Å². The molecule has 1 amide bonds. The fourth-order valence-corrected chi connectivity index (χ4v) is 2.64. The first-order valence-corrected chi connectivity index (χ1v) is 8.25. The van der Waals surface area contributed by atoms with Crippen molar-refractivity contribution in [1.82, 2.24) is 14.9 Å². The highest BCUT2D eigenvalue weighted by Crippen LogP contribution is 2.20. The van der Waals surface area contributed by atoms with Gasteiger partial charge in [-0.1, -0.05) is 6.07 Å². The lowest BCUT2D eigenvalue weighted by atomic mass is 10.3. The van der Waals surface area contributed by atoms with Gasteiger partial charge in [0.25, 0.3) is 5.91 Å². The number of ether oxygens (including phenoxy) is 4. The van der Waals surface area contributed by atoms with Gasteiger partial charge in [0.05, 0.1) is 33.2 Å². The van der Waals surface area contributed by atoms with E-state index in [1.165, 1.54) is 19.5 Å². The maximum Gasteiger partial charge on any atom is 0.260 e. The molecule has 0 radical (unpaired) electrons. The van der Waals surface area contributed by atoms with E-state index in [-0.39, 0.29) is 18.6 Å². The van der Waals surface area contributed by atoms with Gasteiger partial charge in [0, 0.05) is 19.0 Å². The zero-order valence-corrected chi connectivity index (χ0v) is 14.8. The van der Waals surface area contributed by atoms with E-state index in [9.17, 15) is 4.79 Å². The Bertz CT molecular complexity index is 755. The minimum absolute atomic E-state index is 0.0289. The van der Waals surface area contributed by atoms with Gasteiger partial charge in [0.15, 0.2) is 6.61 Å². The number of hydrogen-bond donors (Lipinski definition) is 0. The van der Waals surface area contributed by atoms with Gasteiger partial charge in [-0.25, -0.2) is 0 Å². The van der Waals surface area contributed by atoms with Crippen molar-refractivity contribution in [3.05, 3.63) is 36.7 Å². The SMILES string of the molecule is COc1cccc(OCC(=O)N2CCC(Oc3cncc(OC)n3)C2)c1. The van der Waals surface area contributed by atoms with Crippen molar-refractivity contribution in [1.29, 1.82) is 0 Å². The molecule has 0 saturated carbocycles. The van der Waals surface area contributed by atoms with Gasteiger partial charge < -0.3 is 23.8 Å². The summed E-state index contributed by atoms with van der Waals surface area (Å²) < 4.78 is 21.5. The lowest BCUT2D eigenvalue weighted by molar-refractivity contribution is -0.132. The van der Waals surface area contributed by atoms with Gasteiger partial charge in [-0.15, -0.1) is 0 Å². The highest BCUT2D eigenvalue weighted by atomic mass is 16.5. The minimum atomic E-state index is -0.128. The van der Waals surface area contributed by atoms with E-state index >= 15 is 0 Å². The van der Waals surface area contributed by atoms with Crippen molar-refractivity contribution in [3.63, 3.8) is 0 Å². The summed E-state index contributed by atoms with van der Waals surface area (Å²) >= 11 is 0. The fraction of sp³-hybridized carbons (Fsp3) is 0.389. The smallest absolute Gasteiger partial charge is 0.260 e. The normalized spacial score (nSPS) is 16.2. The summed E-state index contributed by atoms with van der Waals surface area (Å²) in [4.78, 5) is 22.2. The van der Waals surface area contributed by atoms with Crippen molar-refractivity contribution in [2.24, 2.45) is 0 Å². The number of aromatic nitrogens is 2. The third-order valence-corrected chi connectivity index (χ3v) is 3.99. The van der Waals surface area contributed by atoms with Crippen LogP contribution in [0.3, 0.4) is 0 Å². The second-order valence-corrected chi connectivity index (χ2v) is 5.74. The summed E-state index contributed by atoms with van der Waals surface area (Å²) in [6.45, 7) is 1.07. The van der Waals surface area contributed by atoms with E-state index in [0.29, 0.717) is 36.3 Å². The molecule has 1 unspecified atom stereocenters. The lowest BCUT2D eigenvalue weighted by Gasteiger charge is -2.17. The van der Waals surface area contributed by atoms with E-state index in [0.717, 1.165) is 6.42 Å². The molecule has 2 aromatic rings. The number of rotatable bonds is 7. The molecule has 1 fully saturated rings. The van der Waals surface area contributed by atoms with Crippen LogP contribution < -0.4 is 18.9 Å². The summed E-state index contributed by atoms with van der Waals surface area (Å²) in [6.07, 6.45) is 3.63. The number of benzene rings is 1. The van der Waals surface area contributed by atoms with Crippen LogP contribution in [0.5, 0.6) is 23.3 Å². The summed E-state index contributed by atoms with van der Waals surface area (Å²) in [5, 5.41) is 0. The van der Waals surface area contributed by atoms with Crippen molar-refractivity contribution < 1.29 is 23.7 Å². The number of hydrogen-bond acceptors (Lipinski definition) is 7. The molecule has 8 nitrogen and oxygen atoms in total. The zero-order chi connectivity index (χ0) is 18.4. The number of nitrogens with zero attached hydrogens (tertiary/aromatic N) is 3. The second-order valence-electron chi connectivity index (χ2n) is 5.74. The van der Waals surface area contributed by atoms with Gasteiger partial charge in [-0.2, -0.15) is 4.98 Å². The van der Waals surface area contributed by atoms with Crippen LogP contribution in [-0.2, 0) is 4.79 Å². The minimum Gasteiger partial charge on any atom is -0.497 e. The van der Waals surface area contributed by atoms with Crippen molar-refractivity contribution in [2.45, 2.75) is 12.5 Å². The molecule has 26 heavy (non-hydrogen) atoms. The summed E-state index contributed by atoms with van der Waals surface area (Å²) in [5.41, 5.74) is 0. The summed E-state index contributed by atoms with van der Waals surface area (Å²) in [5.74, 6) is 1.97. The molecular weight excluding hydrogens is 338 g/mol.